The molecule has 7 rings (SSSR count). The minimum atomic E-state index is -3.19. The van der Waals surface area contributed by atoms with Crippen molar-refractivity contribution >= 4 is 43.2 Å². The first kappa shape index (κ1) is 29.1. The lowest BCUT2D eigenvalue weighted by atomic mass is 9.98. The molecule has 0 saturated carbocycles. The van der Waals surface area contributed by atoms with Crippen LogP contribution in [-0.4, -0.2) is 51.5 Å². The number of anilines is 1. The second kappa shape index (κ2) is 11.7. The molecule has 0 saturated heterocycles. The summed E-state index contributed by atoms with van der Waals surface area (Å²) in [5.74, 6) is -0.716. The Bertz CT molecular complexity index is 2370. The quantitative estimate of drug-likeness (QED) is 0.169. The second-order valence-corrected chi connectivity index (χ2v) is 13.4. The molecule has 1 amide bonds. The zero-order valence-electron chi connectivity index (χ0n) is 24.6. The highest BCUT2D eigenvalue weighted by molar-refractivity contribution is 7.90. The van der Waals surface area contributed by atoms with Crippen LogP contribution in [0.25, 0.3) is 55.6 Å². The average Bonchev–Trinajstić information content (AvgIpc) is 3.68. The molecule has 4 aromatic heterocycles. The first-order chi connectivity index (χ1) is 22.2. The van der Waals surface area contributed by atoms with Gasteiger partial charge in [0.2, 0.25) is 0 Å². The molecular formula is C35H27FN6O3S. The number of carbonyl (C=O) groups excluding carboxylic acids is 1. The van der Waals surface area contributed by atoms with Crippen molar-refractivity contribution in [2.24, 2.45) is 0 Å². The Kier molecular flexibility index (Phi) is 7.37. The number of nitrogens with zero attached hydrogens (tertiary/aromatic N) is 3. The SMILES string of the molecule is CS(=O)(=O)CCc1cc(F)cc(-c2cccc3[nH]c(-c4n[nH]c5cnc(-c6cncc(NC(=O)c7ccccc7)c6)cc45)cc23)c1. The van der Waals surface area contributed by atoms with Gasteiger partial charge in [-0.3, -0.25) is 19.9 Å². The Labute approximate surface area is 263 Å². The first-order valence-electron chi connectivity index (χ1n) is 14.5. The van der Waals surface area contributed by atoms with Crippen molar-refractivity contribution in [3.63, 3.8) is 0 Å². The molecule has 3 N–H and O–H groups in total. The Morgan fingerprint density at radius 3 is 2.54 bits per heavy atom. The molecule has 3 aromatic carbocycles. The van der Waals surface area contributed by atoms with Crippen LogP contribution in [0.4, 0.5) is 10.1 Å². The number of H-pyrrole nitrogens is 2. The summed E-state index contributed by atoms with van der Waals surface area (Å²) in [6.07, 6.45) is 6.38. The number of halogens is 1. The van der Waals surface area contributed by atoms with Crippen molar-refractivity contribution in [3.8, 4) is 33.8 Å². The fourth-order valence-electron chi connectivity index (χ4n) is 5.51. The molecule has 4 heterocycles. The van der Waals surface area contributed by atoms with Gasteiger partial charge in [-0.2, -0.15) is 5.10 Å². The Balaban J connectivity index is 1.22. The number of fused-ring (bicyclic) bond motifs is 2. The van der Waals surface area contributed by atoms with Gasteiger partial charge in [-0.15, -0.1) is 0 Å². The molecule has 0 aliphatic rings. The van der Waals surface area contributed by atoms with Crippen LogP contribution in [0.5, 0.6) is 0 Å². The summed E-state index contributed by atoms with van der Waals surface area (Å²) in [7, 11) is -3.19. The van der Waals surface area contributed by atoms with Crippen molar-refractivity contribution in [2.75, 3.05) is 17.3 Å². The monoisotopic (exact) mass is 630 g/mol. The van der Waals surface area contributed by atoms with E-state index in [1.54, 1.807) is 42.9 Å². The number of pyridine rings is 2. The minimum absolute atomic E-state index is 0.0554. The van der Waals surface area contributed by atoms with Gasteiger partial charge in [0.15, 0.2) is 0 Å². The van der Waals surface area contributed by atoms with E-state index in [0.29, 0.717) is 33.8 Å². The number of hydrogen-bond donors (Lipinski definition) is 3. The molecule has 11 heteroatoms. The number of nitrogens with one attached hydrogen (secondary N) is 3. The molecule has 0 spiro atoms. The van der Waals surface area contributed by atoms with E-state index in [0.717, 1.165) is 38.6 Å². The van der Waals surface area contributed by atoms with Crippen molar-refractivity contribution in [3.05, 3.63) is 120 Å². The van der Waals surface area contributed by atoms with Crippen LogP contribution in [0.15, 0.2) is 104 Å². The third kappa shape index (κ3) is 6.00. The number of aromatic amines is 2. The van der Waals surface area contributed by atoms with Crippen LogP contribution in [-0.2, 0) is 16.3 Å². The van der Waals surface area contributed by atoms with Gasteiger partial charge in [-0.05, 0) is 71.6 Å². The Hall–Kier alpha value is -5.68. The number of benzene rings is 3. The third-order valence-electron chi connectivity index (χ3n) is 7.72. The van der Waals surface area contributed by atoms with Crippen LogP contribution in [0.1, 0.15) is 15.9 Å². The van der Waals surface area contributed by atoms with E-state index in [9.17, 15) is 17.6 Å². The Morgan fingerprint density at radius 2 is 1.72 bits per heavy atom. The fourth-order valence-corrected chi connectivity index (χ4v) is 6.12. The summed E-state index contributed by atoms with van der Waals surface area (Å²) >= 11 is 0. The van der Waals surface area contributed by atoms with Crippen LogP contribution < -0.4 is 5.32 Å². The summed E-state index contributed by atoms with van der Waals surface area (Å²) in [4.78, 5) is 25.0. The second-order valence-electron chi connectivity index (χ2n) is 11.1. The van der Waals surface area contributed by atoms with Crippen LogP contribution in [0, 0.1) is 5.82 Å². The van der Waals surface area contributed by atoms with Crippen LogP contribution >= 0.6 is 0 Å². The molecule has 46 heavy (non-hydrogen) atoms. The maximum atomic E-state index is 14.7. The van der Waals surface area contributed by atoms with Crippen LogP contribution in [0.3, 0.4) is 0 Å². The van der Waals surface area contributed by atoms with Gasteiger partial charge in [0, 0.05) is 39.9 Å². The smallest absolute Gasteiger partial charge is 0.255 e. The molecule has 0 bridgehead atoms. The molecule has 0 aliphatic heterocycles. The van der Waals surface area contributed by atoms with Crippen molar-refractivity contribution in [2.45, 2.75) is 6.42 Å². The number of sulfone groups is 1. The maximum absolute atomic E-state index is 14.7. The number of aromatic nitrogens is 5. The zero-order chi connectivity index (χ0) is 31.8. The summed E-state index contributed by atoms with van der Waals surface area (Å²) in [5.41, 5.74) is 7.54. The maximum Gasteiger partial charge on any atom is 0.255 e. The lowest BCUT2D eigenvalue weighted by molar-refractivity contribution is 0.102. The molecule has 228 valence electrons. The number of carbonyl (C=O) groups is 1. The van der Waals surface area contributed by atoms with Gasteiger partial charge in [-0.1, -0.05) is 36.4 Å². The van der Waals surface area contributed by atoms with Crippen LogP contribution in [0.2, 0.25) is 0 Å². The lowest BCUT2D eigenvalue weighted by Gasteiger charge is -2.08. The predicted octanol–water partition coefficient (Wildman–Crippen LogP) is 6.81. The molecule has 0 aliphatic carbocycles. The summed E-state index contributed by atoms with van der Waals surface area (Å²) in [6, 6.07) is 25.1. The molecule has 0 fully saturated rings. The number of aryl methyl sites for hydroxylation is 1. The lowest BCUT2D eigenvalue weighted by Crippen LogP contribution is -2.11. The zero-order valence-corrected chi connectivity index (χ0v) is 25.4. The number of hydrogen-bond acceptors (Lipinski definition) is 6. The molecule has 0 unspecified atom stereocenters. The van der Waals surface area contributed by atoms with Gasteiger partial charge >= 0.3 is 0 Å². The van der Waals surface area contributed by atoms with Gasteiger partial charge in [0.05, 0.1) is 40.7 Å². The molecular weight excluding hydrogens is 603 g/mol. The van der Waals surface area contributed by atoms with Crippen molar-refractivity contribution in [1.29, 1.82) is 0 Å². The molecule has 9 nitrogen and oxygen atoms in total. The number of rotatable bonds is 8. The normalized spacial score (nSPS) is 11.7. The van der Waals surface area contributed by atoms with Gasteiger partial charge < -0.3 is 10.3 Å². The first-order valence-corrected chi connectivity index (χ1v) is 16.5. The Morgan fingerprint density at radius 1 is 0.870 bits per heavy atom. The molecule has 0 atom stereocenters. The summed E-state index contributed by atoms with van der Waals surface area (Å²) in [6.45, 7) is 0. The topological polar surface area (TPSA) is 133 Å². The highest BCUT2D eigenvalue weighted by atomic mass is 32.2. The molecule has 7 aromatic rings. The van der Waals surface area contributed by atoms with Crippen molar-refractivity contribution in [1.82, 2.24) is 25.1 Å². The summed E-state index contributed by atoms with van der Waals surface area (Å²) in [5, 5.41) is 12.2. The standard InChI is InChI=1S/C35H27FN6O3S/c1-46(44,45)11-10-21-12-23(14-25(36)13-21)27-8-5-9-30-28(27)16-32(40-30)34-29-17-31(38-20-33(29)41-42-34)24-15-26(19-37-18-24)39-35(43)22-6-3-2-4-7-22/h2-9,12-20,40H,10-11H2,1H3,(H,39,43)(H,41,42). The fraction of sp³-hybridized carbons (Fsp3) is 0.0857. The van der Waals surface area contributed by atoms with E-state index in [-0.39, 0.29) is 18.1 Å². The van der Waals surface area contributed by atoms with Gasteiger partial charge in [-0.25, -0.2) is 12.8 Å². The van der Waals surface area contributed by atoms with E-state index in [1.165, 1.54) is 18.4 Å². The van der Waals surface area contributed by atoms with E-state index in [4.69, 9.17) is 0 Å². The van der Waals surface area contributed by atoms with E-state index >= 15 is 0 Å². The highest BCUT2D eigenvalue weighted by Gasteiger charge is 2.16. The highest BCUT2D eigenvalue weighted by Crippen LogP contribution is 2.35. The van der Waals surface area contributed by atoms with E-state index in [1.807, 2.05) is 48.5 Å². The predicted molar refractivity (Wildman–Crippen MR) is 178 cm³/mol. The average molecular weight is 631 g/mol. The largest absolute Gasteiger partial charge is 0.353 e. The van der Waals surface area contributed by atoms with E-state index in [2.05, 4.69) is 30.5 Å². The van der Waals surface area contributed by atoms with Crippen molar-refractivity contribution < 1.29 is 17.6 Å². The third-order valence-corrected chi connectivity index (χ3v) is 8.67. The van der Waals surface area contributed by atoms with Gasteiger partial charge in [0.25, 0.3) is 5.91 Å². The molecule has 0 radical (unpaired) electrons. The number of amides is 1. The summed E-state index contributed by atoms with van der Waals surface area (Å²) < 4.78 is 38.1. The van der Waals surface area contributed by atoms with Gasteiger partial charge in [0.1, 0.15) is 21.3 Å². The van der Waals surface area contributed by atoms with E-state index < -0.39 is 15.7 Å². The minimum Gasteiger partial charge on any atom is -0.353 e.